The van der Waals surface area contributed by atoms with E-state index in [0.29, 0.717) is 0 Å². The van der Waals surface area contributed by atoms with Gasteiger partial charge in [0.2, 0.25) is 0 Å². The molecule has 2 aliphatic rings. The molecule has 0 amide bonds. The molecule has 2 aromatic rings. The number of piperidine rings is 1. The van der Waals surface area contributed by atoms with Gasteiger partial charge in [-0.3, -0.25) is 0 Å². The molecule has 2 aliphatic heterocycles. The van der Waals surface area contributed by atoms with Crippen LogP contribution in [0, 0.1) is 0 Å². The Morgan fingerprint density at radius 1 is 1.13 bits per heavy atom. The molecule has 0 N–H and O–H groups in total. The van der Waals surface area contributed by atoms with Gasteiger partial charge in [-0.25, -0.2) is 14.6 Å². The van der Waals surface area contributed by atoms with Gasteiger partial charge in [-0.15, -0.1) is 0 Å². The van der Waals surface area contributed by atoms with Gasteiger partial charge in [-0.1, -0.05) is 0 Å². The summed E-state index contributed by atoms with van der Waals surface area (Å²) in [6.45, 7) is 4.83. The molecule has 0 atom stereocenters. The van der Waals surface area contributed by atoms with Crippen LogP contribution < -0.4 is 4.90 Å². The molecule has 4 heterocycles. The first-order valence-electron chi connectivity index (χ1n) is 8.14. The van der Waals surface area contributed by atoms with Crippen LogP contribution in [0.1, 0.15) is 12.8 Å². The molecule has 0 radical (unpaired) electrons. The second-order valence-corrected chi connectivity index (χ2v) is 6.44. The molecule has 0 aliphatic carbocycles. The Morgan fingerprint density at radius 3 is 2.70 bits per heavy atom. The van der Waals surface area contributed by atoms with Crippen LogP contribution in [0.15, 0.2) is 30.9 Å². The molecule has 0 saturated carbocycles. The normalized spacial score (nSPS) is 21.7. The van der Waals surface area contributed by atoms with Gasteiger partial charge < -0.3 is 14.5 Å². The van der Waals surface area contributed by atoms with E-state index < -0.39 is 0 Å². The van der Waals surface area contributed by atoms with E-state index in [9.17, 15) is 0 Å². The van der Waals surface area contributed by atoms with Crippen molar-refractivity contribution in [3.8, 4) is 5.82 Å². The molecule has 0 unspecified atom stereocenters. The maximum Gasteiger partial charge on any atom is 0.158 e. The van der Waals surface area contributed by atoms with Crippen molar-refractivity contribution in [2.24, 2.45) is 0 Å². The highest BCUT2D eigenvalue weighted by atomic mass is 16.5. The molecule has 122 valence electrons. The van der Waals surface area contributed by atoms with Crippen molar-refractivity contribution in [2.45, 2.75) is 18.4 Å². The summed E-state index contributed by atoms with van der Waals surface area (Å²) in [6.07, 6.45) is 7.34. The Kier molecular flexibility index (Phi) is 3.74. The summed E-state index contributed by atoms with van der Waals surface area (Å²) >= 11 is 0. The smallest absolute Gasteiger partial charge is 0.158 e. The van der Waals surface area contributed by atoms with Gasteiger partial charge in [-0.05, 0) is 26.0 Å². The first kappa shape index (κ1) is 14.6. The third kappa shape index (κ3) is 2.94. The number of hydrogen-bond donors (Lipinski definition) is 0. The summed E-state index contributed by atoms with van der Waals surface area (Å²) in [5, 5.41) is 4.23. The molecular weight excluding hydrogens is 292 g/mol. The zero-order valence-electron chi connectivity index (χ0n) is 13.4. The number of ether oxygens (including phenoxy) is 1. The van der Waals surface area contributed by atoms with Crippen molar-refractivity contribution in [3.63, 3.8) is 0 Å². The van der Waals surface area contributed by atoms with Crippen LogP contribution in [0.5, 0.6) is 0 Å². The van der Waals surface area contributed by atoms with Gasteiger partial charge in [0.05, 0.1) is 12.2 Å². The lowest BCUT2D eigenvalue weighted by atomic mass is 9.89. The van der Waals surface area contributed by atoms with E-state index in [1.165, 1.54) is 0 Å². The third-order valence-corrected chi connectivity index (χ3v) is 4.82. The lowest BCUT2D eigenvalue weighted by Gasteiger charge is -2.46. The van der Waals surface area contributed by atoms with E-state index in [1.54, 1.807) is 17.2 Å². The van der Waals surface area contributed by atoms with Crippen molar-refractivity contribution >= 4 is 5.82 Å². The number of morpholine rings is 1. The number of likely N-dealkylation sites (N-methyl/N-ethyl adjacent to an activating group) is 1. The number of nitrogens with zero attached hydrogens (tertiary/aromatic N) is 6. The molecule has 4 rings (SSSR count). The Hall–Kier alpha value is -1.99. The van der Waals surface area contributed by atoms with E-state index in [4.69, 9.17) is 4.74 Å². The van der Waals surface area contributed by atoms with Crippen molar-refractivity contribution < 1.29 is 4.74 Å². The zero-order chi connectivity index (χ0) is 15.7. The van der Waals surface area contributed by atoms with Gasteiger partial charge >= 0.3 is 0 Å². The molecule has 0 aromatic carbocycles. The van der Waals surface area contributed by atoms with Gasteiger partial charge in [-0.2, -0.15) is 5.10 Å². The van der Waals surface area contributed by atoms with E-state index >= 15 is 0 Å². The number of hydrogen-bond acceptors (Lipinski definition) is 6. The van der Waals surface area contributed by atoms with Crippen LogP contribution in [-0.2, 0) is 4.74 Å². The lowest BCUT2D eigenvalue weighted by molar-refractivity contribution is -0.115. The zero-order valence-corrected chi connectivity index (χ0v) is 13.4. The quantitative estimate of drug-likeness (QED) is 0.823. The van der Waals surface area contributed by atoms with Crippen LogP contribution in [0.25, 0.3) is 5.82 Å². The molecule has 2 aromatic heterocycles. The predicted molar refractivity (Wildman–Crippen MR) is 86.8 cm³/mol. The standard InChI is InChI=1S/C16H22N6O/c1-20-9-10-23-16(12-20)3-7-21(8-4-16)14-11-15(18-13-17-14)22-6-2-5-19-22/h2,5-6,11,13H,3-4,7-10,12H2,1H3. The molecular formula is C16H22N6O. The monoisotopic (exact) mass is 314 g/mol. The molecule has 1 spiro atoms. The second kappa shape index (κ2) is 5.90. The summed E-state index contributed by atoms with van der Waals surface area (Å²) in [4.78, 5) is 13.4. The van der Waals surface area contributed by atoms with Crippen molar-refractivity contribution in [1.29, 1.82) is 0 Å². The summed E-state index contributed by atoms with van der Waals surface area (Å²) in [6, 6.07) is 3.89. The van der Waals surface area contributed by atoms with E-state index in [-0.39, 0.29) is 5.60 Å². The fourth-order valence-electron chi connectivity index (χ4n) is 3.52. The largest absolute Gasteiger partial charge is 0.372 e. The lowest BCUT2D eigenvalue weighted by Crippen LogP contribution is -2.56. The summed E-state index contributed by atoms with van der Waals surface area (Å²) in [7, 11) is 2.18. The van der Waals surface area contributed by atoms with Gasteiger partial charge in [0.25, 0.3) is 0 Å². The fraction of sp³-hybridized carbons (Fsp3) is 0.562. The Bertz CT molecular complexity index is 650. The number of rotatable bonds is 2. The van der Waals surface area contributed by atoms with Gasteiger partial charge in [0, 0.05) is 44.6 Å². The maximum absolute atomic E-state index is 6.13. The Morgan fingerprint density at radius 2 is 1.96 bits per heavy atom. The molecule has 7 nitrogen and oxygen atoms in total. The first-order valence-corrected chi connectivity index (χ1v) is 8.14. The summed E-state index contributed by atoms with van der Waals surface area (Å²) < 4.78 is 7.89. The fourth-order valence-corrected chi connectivity index (χ4v) is 3.52. The van der Waals surface area contributed by atoms with Crippen molar-refractivity contribution in [1.82, 2.24) is 24.6 Å². The first-order chi connectivity index (χ1) is 11.2. The molecule has 0 bridgehead atoms. The van der Waals surface area contributed by atoms with Crippen LogP contribution in [0.3, 0.4) is 0 Å². The summed E-state index contributed by atoms with van der Waals surface area (Å²) in [5.41, 5.74) is 0.0291. The van der Waals surface area contributed by atoms with E-state index in [0.717, 1.165) is 57.3 Å². The third-order valence-electron chi connectivity index (χ3n) is 4.82. The molecule has 2 fully saturated rings. The maximum atomic E-state index is 6.13. The van der Waals surface area contributed by atoms with Crippen LogP contribution >= 0.6 is 0 Å². The van der Waals surface area contributed by atoms with Crippen molar-refractivity contribution in [3.05, 3.63) is 30.9 Å². The minimum atomic E-state index is 0.0291. The van der Waals surface area contributed by atoms with Gasteiger partial charge in [0.1, 0.15) is 12.1 Å². The molecule has 23 heavy (non-hydrogen) atoms. The van der Waals surface area contributed by atoms with Crippen LogP contribution in [0.2, 0.25) is 0 Å². The van der Waals surface area contributed by atoms with Crippen LogP contribution in [0.4, 0.5) is 5.82 Å². The minimum Gasteiger partial charge on any atom is -0.372 e. The van der Waals surface area contributed by atoms with Gasteiger partial charge in [0.15, 0.2) is 5.82 Å². The highest BCUT2D eigenvalue weighted by Crippen LogP contribution is 2.31. The molecule has 7 heteroatoms. The van der Waals surface area contributed by atoms with E-state index in [2.05, 4.69) is 31.9 Å². The SMILES string of the molecule is CN1CCOC2(CCN(c3cc(-n4cccn4)ncn3)CC2)C1. The minimum absolute atomic E-state index is 0.0291. The molecule has 2 saturated heterocycles. The Balaban J connectivity index is 1.47. The van der Waals surface area contributed by atoms with E-state index in [1.807, 2.05) is 18.3 Å². The van der Waals surface area contributed by atoms with Crippen LogP contribution in [-0.4, -0.2) is 70.1 Å². The highest BCUT2D eigenvalue weighted by molar-refractivity contribution is 5.43. The average molecular weight is 314 g/mol. The van der Waals surface area contributed by atoms with Crippen molar-refractivity contribution in [2.75, 3.05) is 44.7 Å². The Labute approximate surface area is 135 Å². The number of aromatic nitrogens is 4. The predicted octanol–water partition coefficient (Wildman–Crippen LogP) is 0.963. The topological polar surface area (TPSA) is 59.3 Å². The highest BCUT2D eigenvalue weighted by Gasteiger charge is 2.39. The second-order valence-electron chi connectivity index (χ2n) is 6.44. The number of anilines is 1. The average Bonchev–Trinajstić information content (AvgIpc) is 3.10. The summed E-state index contributed by atoms with van der Waals surface area (Å²) in [5.74, 6) is 1.76.